The minimum atomic E-state index is -0.478. The summed E-state index contributed by atoms with van der Waals surface area (Å²) in [4.78, 5) is 0. The highest BCUT2D eigenvalue weighted by molar-refractivity contribution is 5.31. The number of hydrogen-bond acceptors (Lipinski definition) is 1. The first-order chi connectivity index (χ1) is 5.67. The third-order valence-corrected chi connectivity index (χ3v) is 2.62. The lowest BCUT2D eigenvalue weighted by Crippen LogP contribution is -2.31. The third kappa shape index (κ3) is 1.37. The zero-order valence-corrected chi connectivity index (χ0v) is 7.38. The topological polar surface area (TPSA) is 20.2 Å². The molecule has 0 amide bonds. The summed E-state index contributed by atoms with van der Waals surface area (Å²) >= 11 is 0. The Labute approximate surface area is 73.0 Å². The average molecular weight is 162 g/mol. The van der Waals surface area contributed by atoms with Crippen LogP contribution < -0.4 is 0 Å². The predicted octanol–water partition coefficient (Wildman–Crippen LogP) is 1.93. The second-order valence-corrected chi connectivity index (χ2v) is 3.94. The molecule has 1 aliphatic rings. The Balaban J connectivity index is 2.35. The molecule has 1 N–H and O–H groups in total. The minimum absolute atomic E-state index is 0.478. The normalized spacial score (nSPS) is 28.2. The van der Waals surface area contributed by atoms with Gasteiger partial charge in [0.1, 0.15) is 0 Å². The van der Waals surface area contributed by atoms with Crippen molar-refractivity contribution in [1.82, 2.24) is 0 Å². The second kappa shape index (κ2) is 2.60. The highest BCUT2D eigenvalue weighted by atomic mass is 16.3. The van der Waals surface area contributed by atoms with E-state index in [0.29, 0.717) is 0 Å². The summed E-state index contributed by atoms with van der Waals surface area (Å²) in [6.07, 6.45) is 2.72. The van der Waals surface area contributed by atoms with Crippen LogP contribution in [0.1, 0.15) is 24.5 Å². The van der Waals surface area contributed by atoms with Gasteiger partial charge in [0.25, 0.3) is 0 Å². The van der Waals surface area contributed by atoms with Crippen LogP contribution in [-0.4, -0.2) is 10.7 Å². The van der Waals surface area contributed by atoms with Crippen molar-refractivity contribution in [3.63, 3.8) is 0 Å². The van der Waals surface area contributed by atoms with E-state index in [2.05, 4.69) is 18.2 Å². The lowest BCUT2D eigenvalue weighted by molar-refractivity contribution is 0.0459. The summed E-state index contributed by atoms with van der Waals surface area (Å²) in [5, 5.41) is 9.82. The van der Waals surface area contributed by atoms with E-state index in [0.717, 1.165) is 19.3 Å². The Kier molecular flexibility index (Phi) is 1.69. The zero-order valence-electron chi connectivity index (χ0n) is 7.38. The van der Waals surface area contributed by atoms with Gasteiger partial charge in [-0.15, -0.1) is 0 Å². The second-order valence-electron chi connectivity index (χ2n) is 3.94. The Morgan fingerprint density at radius 2 is 1.92 bits per heavy atom. The molecule has 0 fully saturated rings. The Bertz CT molecular complexity index is 289. The highest BCUT2D eigenvalue weighted by Gasteiger charge is 2.26. The molecule has 0 saturated carbocycles. The van der Waals surface area contributed by atoms with Gasteiger partial charge in [0.05, 0.1) is 5.60 Å². The van der Waals surface area contributed by atoms with Gasteiger partial charge in [-0.3, -0.25) is 0 Å². The third-order valence-electron chi connectivity index (χ3n) is 2.62. The maximum Gasteiger partial charge on any atom is 0.0663 e. The zero-order chi connectivity index (χ0) is 8.60. The lowest BCUT2D eigenvalue weighted by atomic mass is 9.82. The molecule has 2 rings (SSSR count). The molecule has 1 nitrogen and oxygen atoms in total. The molecular weight excluding hydrogens is 148 g/mol. The molecule has 0 spiro atoms. The molecule has 0 bridgehead atoms. The summed E-state index contributed by atoms with van der Waals surface area (Å²) in [6, 6.07) is 8.38. The summed E-state index contributed by atoms with van der Waals surface area (Å²) in [6.45, 7) is 1.92. The summed E-state index contributed by atoms with van der Waals surface area (Å²) in [7, 11) is 0. The molecular formula is C11H14O. The van der Waals surface area contributed by atoms with Gasteiger partial charge in [0.15, 0.2) is 0 Å². The van der Waals surface area contributed by atoms with E-state index in [-0.39, 0.29) is 0 Å². The summed E-state index contributed by atoms with van der Waals surface area (Å²) < 4.78 is 0. The quantitative estimate of drug-likeness (QED) is 0.618. The molecule has 1 aliphatic carbocycles. The van der Waals surface area contributed by atoms with E-state index in [9.17, 15) is 5.11 Å². The van der Waals surface area contributed by atoms with Gasteiger partial charge in [0, 0.05) is 6.42 Å². The van der Waals surface area contributed by atoms with Gasteiger partial charge in [-0.2, -0.15) is 0 Å². The van der Waals surface area contributed by atoms with Crippen LogP contribution in [0.2, 0.25) is 0 Å². The molecule has 0 heterocycles. The number of aliphatic hydroxyl groups is 1. The van der Waals surface area contributed by atoms with Crippen molar-refractivity contribution in [3.05, 3.63) is 35.4 Å². The highest BCUT2D eigenvalue weighted by Crippen LogP contribution is 2.27. The Hall–Kier alpha value is -0.820. The average Bonchev–Trinajstić information content (AvgIpc) is 2.02. The SMILES string of the molecule is C[C@]1(O)CCc2ccccc2C1. The monoisotopic (exact) mass is 162 g/mol. The lowest BCUT2D eigenvalue weighted by Gasteiger charge is -2.29. The van der Waals surface area contributed by atoms with Crippen molar-refractivity contribution in [3.8, 4) is 0 Å². The molecule has 0 aliphatic heterocycles. The van der Waals surface area contributed by atoms with Crippen LogP contribution in [0.4, 0.5) is 0 Å². The first-order valence-electron chi connectivity index (χ1n) is 4.47. The van der Waals surface area contributed by atoms with E-state index in [1.54, 1.807) is 0 Å². The van der Waals surface area contributed by atoms with Gasteiger partial charge in [-0.05, 0) is 30.9 Å². The fourth-order valence-electron chi connectivity index (χ4n) is 1.88. The van der Waals surface area contributed by atoms with Crippen molar-refractivity contribution >= 4 is 0 Å². The molecule has 0 aromatic heterocycles. The summed E-state index contributed by atoms with van der Waals surface area (Å²) in [5.74, 6) is 0. The number of rotatable bonds is 0. The number of hydrogen-bond donors (Lipinski definition) is 1. The first kappa shape index (κ1) is 7.81. The predicted molar refractivity (Wildman–Crippen MR) is 49.1 cm³/mol. The van der Waals surface area contributed by atoms with Crippen molar-refractivity contribution in [1.29, 1.82) is 0 Å². The molecule has 1 atom stereocenters. The van der Waals surface area contributed by atoms with Crippen LogP contribution >= 0.6 is 0 Å². The first-order valence-corrected chi connectivity index (χ1v) is 4.47. The molecule has 0 unspecified atom stereocenters. The Morgan fingerprint density at radius 1 is 1.25 bits per heavy atom. The van der Waals surface area contributed by atoms with Crippen LogP contribution in [0.5, 0.6) is 0 Å². The molecule has 1 heteroatoms. The van der Waals surface area contributed by atoms with Crippen LogP contribution in [0.25, 0.3) is 0 Å². The van der Waals surface area contributed by atoms with E-state index in [1.165, 1.54) is 11.1 Å². The molecule has 1 aromatic carbocycles. The van der Waals surface area contributed by atoms with Gasteiger partial charge >= 0.3 is 0 Å². The summed E-state index contributed by atoms with van der Waals surface area (Å²) in [5.41, 5.74) is 2.24. The van der Waals surface area contributed by atoms with Crippen molar-refractivity contribution in [2.75, 3.05) is 0 Å². The largest absolute Gasteiger partial charge is 0.390 e. The minimum Gasteiger partial charge on any atom is -0.390 e. The van der Waals surface area contributed by atoms with E-state index in [1.807, 2.05) is 13.0 Å². The maximum atomic E-state index is 9.82. The van der Waals surface area contributed by atoms with Gasteiger partial charge < -0.3 is 5.11 Å². The van der Waals surface area contributed by atoms with E-state index < -0.39 is 5.60 Å². The standard InChI is InChI=1S/C11H14O/c1-11(12)7-6-9-4-2-3-5-10(9)8-11/h2-5,12H,6-8H2,1H3/t11-/m0/s1. The fraction of sp³-hybridized carbons (Fsp3) is 0.455. The van der Waals surface area contributed by atoms with Crippen LogP contribution in [0, 0.1) is 0 Å². The number of fused-ring (bicyclic) bond motifs is 1. The van der Waals surface area contributed by atoms with Crippen molar-refractivity contribution in [2.24, 2.45) is 0 Å². The van der Waals surface area contributed by atoms with E-state index in [4.69, 9.17) is 0 Å². The molecule has 1 aromatic rings. The number of benzene rings is 1. The van der Waals surface area contributed by atoms with Crippen LogP contribution in [0.15, 0.2) is 24.3 Å². The smallest absolute Gasteiger partial charge is 0.0663 e. The van der Waals surface area contributed by atoms with Crippen molar-refractivity contribution < 1.29 is 5.11 Å². The fourth-order valence-corrected chi connectivity index (χ4v) is 1.88. The molecule has 0 saturated heterocycles. The van der Waals surface area contributed by atoms with E-state index >= 15 is 0 Å². The van der Waals surface area contributed by atoms with Gasteiger partial charge in [0.2, 0.25) is 0 Å². The molecule has 64 valence electrons. The maximum absolute atomic E-state index is 9.82. The number of aryl methyl sites for hydroxylation is 1. The van der Waals surface area contributed by atoms with Gasteiger partial charge in [-0.1, -0.05) is 24.3 Å². The Morgan fingerprint density at radius 3 is 2.67 bits per heavy atom. The van der Waals surface area contributed by atoms with Crippen molar-refractivity contribution in [2.45, 2.75) is 31.8 Å². The van der Waals surface area contributed by atoms with Gasteiger partial charge in [-0.25, -0.2) is 0 Å². The van der Waals surface area contributed by atoms with Crippen LogP contribution in [-0.2, 0) is 12.8 Å². The molecule has 0 radical (unpaired) electrons. The molecule has 12 heavy (non-hydrogen) atoms. The van der Waals surface area contributed by atoms with Crippen LogP contribution in [0.3, 0.4) is 0 Å².